The SMILES string of the molecule is COc1ccc(C2/C(=C(\O)c3c(OC)cccc3OC)C(=O)C(=O)N2c2ccc(S(N)(=O)=O)cc2)cc1. The van der Waals surface area contributed by atoms with Gasteiger partial charge in [0, 0.05) is 5.69 Å². The zero-order valence-electron chi connectivity index (χ0n) is 20.2. The number of nitrogens with two attached hydrogens (primary N) is 1. The van der Waals surface area contributed by atoms with E-state index in [0.717, 1.165) is 0 Å². The van der Waals surface area contributed by atoms with Gasteiger partial charge < -0.3 is 19.3 Å². The maximum absolute atomic E-state index is 13.4. The van der Waals surface area contributed by atoms with Crippen LogP contribution < -0.4 is 24.2 Å². The molecule has 1 unspecified atom stereocenters. The van der Waals surface area contributed by atoms with E-state index in [0.29, 0.717) is 11.3 Å². The predicted octanol–water partition coefficient (Wildman–Crippen LogP) is 2.99. The number of aliphatic hydroxyl groups is 1. The number of anilines is 1. The van der Waals surface area contributed by atoms with Crippen LogP contribution in [-0.2, 0) is 19.6 Å². The number of ether oxygens (including phenoxy) is 3. The summed E-state index contributed by atoms with van der Waals surface area (Å²) in [5.41, 5.74) is 0.620. The van der Waals surface area contributed by atoms with Gasteiger partial charge in [-0.25, -0.2) is 13.6 Å². The van der Waals surface area contributed by atoms with Crippen molar-refractivity contribution in [3.05, 3.63) is 83.4 Å². The highest BCUT2D eigenvalue weighted by molar-refractivity contribution is 7.89. The van der Waals surface area contributed by atoms with Crippen LogP contribution in [0.4, 0.5) is 5.69 Å². The number of benzene rings is 3. The molecule has 0 radical (unpaired) electrons. The highest BCUT2D eigenvalue weighted by Gasteiger charge is 2.47. The topological polar surface area (TPSA) is 145 Å². The highest BCUT2D eigenvalue weighted by atomic mass is 32.2. The smallest absolute Gasteiger partial charge is 0.300 e. The number of hydrogen-bond acceptors (Lipinski definition) is 8. The number of Topliss-reactive ketones (excluding diaryl/α,β-unsaturated/α-hetero) is 1. The first kappa shape index (κ1) is 25.7. The molecule has 0 aliphatic carbocycles. The van der Waals surface area contributed by atoms with Gasteiger partial charge in [0.1, 0.15) is 28.6 Å². The maximum atomic E-state index is 13.4. The second-order valence-corrected chi connectivity index (χ2v) is 9.58. The molecule has 37 heavy (non-hydrogen) atoms. The van der Waals surface area contributed by atoms with Crippen LogP contribution >= 0.6 is 0 Å². The van der Waals surface area contributed by atoms with E-state index in [1.807, 2.05) is 0 Å². The first-order valence-corrected chi connectivity index (χ1v) is 12.5. The second-order valence-electron chi connectivity index (χ2n) is 8.02. The lowest BCUT2D eigenvalue weighted by Crippen LogP contribution is -2.29. The minimum absolute atomic E-state index is 0.105. The molecule has 1 fully saturated rings. The molecule has 0 spiro atoms. The Morgan fingerprint density at radius 3 is 1.92 bits per heavy atom. The molecule has 11 heteroatoms. The minimum Gasteiger partial charge on any atom is -0.506 e. The van der Waals surface area contributed by atoms with E-state index in [1.54, 1.807) is 42.5 Å². The molecule has 1 atom stereocenters. The lowest BCUT2D eigenvalue weighted by Gasteiger charge is -2.26. The zero-order valence-corrected chi connectivity index (χ0v) is 21.0. The minimum atomic E-state index is -3.98. The lowest BCUT2D eigenvalue weighted by atomic mass is 9.94. The molecule has 1 saturated heterocycles. The van der Waals surface area contributed by atoms with Gasteiger partial charge in [-0.1, -0.05) is 18.2 Å². The Bertz CT molecular complexity index is 1470. The van der Waals surface area contributed by atoms with Crippen molar-refractivity contribution in [2.24, 2.45) is 5.14 Å². The fraction of sp³-hybridized carbons (Fsp3) is 0.154. The van der Waals surface area contributed by atoms with Crippen molar-refractivity contribution < 1.29 is 37.3 Å². The molecule has 0 aromatic heterocycles. The van der Waals surface area contributed by atoms with Crippen LogP contribution in [0.2, 0.25) is 0 Å². The van der Waals surface area contributed by atoms with Crippen LogP contribution in [0.15, 0.2) is 77.2 Å². The van der Waals surface area contributed by atoms with Gasteiger partial charge >= 0.3 is 0 Å². The number of rotatable bonds is 7. The van der Waals surface area contributed by atoms with Crippen molar-refractivity contribution in [3.63, 3.8) is 0 Å². The normalized spacial score (nSPS) is 17.1. The Morgan fingerprint density at radius 2 is 1.43 bits per heavy atom. The largest absolute Gasteiger partial charge is 0.506 e. The predicted molar refractivity (Wildman–Crippen MR) is 135 cm³/mol. The number of ketones is 1. The quantitative estimate of drug-likeness (QED) is 0.273. The fourth-order valence-corrected chi connectivity index (χ4v) is 4.73. The number of carbonyl (C=O) groups excluding carboxylic acids is 2. The molecule has 0 bridgehead atoms. The summed E-state index contributed by atoms with van der Waals surface area (Å²) in [6.45, 7) is 0. The molecule has 4 rings (SSSR count). The second kappa shape index (κ2) is 9.96. The first-order valence-electron chi connectivity index (χ1n) is 10.9. The lowest BCUT2D eigenvalue weighted by molar-refractivity contribution is -0.132. The number of sulfonamides is 1. The van der Waals surface area contributed by atoms with Crippen molar-refractivity contribution in [2.45, 2.75) is 10.9 Å². The number of carbonyl (C=O) groups is 2. The van der Waals surface area contributed by atoms with Crippen LogP contribution in [0.25, 0.3) is 5.76 Å². The van der Waals surface area contributed by atoms with Gasteiger partial charge in [0.05, 0.1) is 37.8 Å². The Morgan fingerprint density at radius 1 is 0.865 bits per heavy atom. The van der Waals surface area contributed by atoms with E-state index in [1.165, 1.54) is 50.5 Å². The molecule has 1 amide bonds. The molecular formula is C26H24N2O8S. The van der Waals surface area contributed by atoms with Crippen molar-refractivity contribution in [1.82, 2.24) is 0 Å². The average molecular weight is 525 g/mol. The Hall–Kier alpha value is -4.35. The number of nitrogens with zero attached hydrogens (tertiary/aromatic N) is 1. The van der Waals surface area contributed by atoms with Gasteiger partial charge in [0.2, 0.25) is 10.0 Å². The fourth-order valence-electron chi connectivity index (χ4n) is 4.22. The molecular weight excluding hydrogens is 500 g/mol. The van der Waals surface area contributed by atoms with Gasteiger partial charge in [-0.3, -0.25) is 14.5 Å². The van der Waals surface area contributed by atoms with E-state index in [9.17, 15) is 23.1 Å². The average Bonchev–Trinajstić information content (AvgIpc) is 3.17. The van der Waals surface area contributed by atoms with E-state index in [4.69, 9.17) is 19.3 Å². The van der Waals surface area contributed by atoms with Gasteiger partial charge in [0.15, 0.2) is 0 Å². The van der Waals surface area contributed by atoms with Crippen LogP contribution in [-0.4, -0.2) is 46.5 Å². The van der Waals surface area contributed by atoms with Gasteiger partial charge in [-0.15, -0.1) is 0 Å². The zero-order chi connectivity index (χ0) is 26.9. The molecule has 1 aliphatic rings. The molecule has 192 valence electrons. The van der Waals surface area contributed by atoms with E-state index < -0.39 is 33.5 Å². The summed E-state index contributed by atoms with van der Waals surface area (Å²) in [7, 11) is 0.326. The summed E-state index contributed by atoms with van der Waals surface area (Å²) < 4.78 is 39.4. The first-order chi connectivity index (χ1) is 17.6. The number of amides is 1. The Labute approximate surface area is 213 Å². The van der Waals surface area contributed by atoms with Crippen LogP contribution in [0.3, 0.4) is 0 Å². The Balaban J connectivity index is 1.98. The molecule has 3 N–H and O–H groups in total. The molecule has 0 saturated carbocycles. The molecule has 3 aromatic rings. The van der Waals surface area contributed by atoms with E-state index >= 15 is 0 Å². The summed E-state index contributed by atoms with van der Waals surface area (Å²) in [6.07, 6.45) is 0. The summed E-state index contributed by atoms with van der Waals surface area (Å²) in [5, 5.41) is 16.7. The van der Waals surface area contributed by atoms with Crippen LogP contribution in [0.1, 0.15) is 17.2 Å². The third-order valence-corrected chi connectivity index (χ3v) is 6.91. The standard InChI is InChI=1S/C26H24N2O8S/c1-34-17-11-7-15(8-12-17)23-22(24(29)21-19(35-2)5-4-6-20(21)36-3)25(30)26(31)28(23)16-9-13-18(14-10-16)37(27,32)33/h4-14,23,29H,1-3H3,(H2,27,32,33)/b24-22+. The van der Waals surface area contributed by atoms with Crippen molar-refractivity contribution in [3.8, 4) is 17.2 Å². The summed E-state index contributed by atoms with van der Waals surface area (Å²) in [4.78, 5) is 27.8. The number of aliphatic hydroxyl groups excluding tert-OH is 1. The molecule has 1 heterocycles. The summed E-state index contributed by atoms with van der Waals surface area (Å²) >= 11 is 0. The summed E-state index contributed by atoms with van der Waals surface area (Å²) in [5.74, 6) is -1.34. The van der Waals surface area contributed by atoms with Gasteiger partial charge in [-0.2, -0.15) is 0 Å². The number of primary sulfonamides is 1. The Kier molecular flexibility index (Phi) is 6.92. The number of methoxy groups -OCH3 is 3. The van der Waals surface area contributed by atoms with Crippen molar-refractivity contribution in [2.75, 3.05) is 26.2 Å². The summed E-state index contributed by atoms with van der Waals surface area (Å²) in [6, 6.07) is 15.6. The van der Waals surface area contributed by atoms with E-state index in [-0.39, 0.29) is 33.2 Å². The van der Waals surface area contributed by atoms with Gasteiger partial charge in [0.25, 0.3) is 11.7 Å². The van der Waals surface area contributed by atoms with Gasteiger partial charge in [-0.05, 0) is 54.1 Å². The third-order valence-electron chi connectivity index (χ3n) is 5.98. The highest BCUT2D eigenvalue weighted by Crippen LogP contribution is 2.45. The molecule has 10 nitrogen and oxygen atoms in total. The third kappa shape index (κ3) is 4.61. The van der Waals surface area contributed by atoms with Crippen molar-refractivity contribution in [1.29, 1.82) is 0 Å². The van der Waals surface area contributed by atoms with Crippen LogP contribution in [0.5, 0.6) is 17.2 Å². The van der Waals surface area contributed by atoms with Crippen molar-refractivity contribution >= 4 is 33.2 Å². The van der Waals surface area contributed by atoms with E-state index in [2.05, 4.69) is 0 Å². The molecule has 3 aromatic carbocycles. The van der Waals surface area contributed by atoms with Crippen LogP contribution in [0, 0.1) is 0 Å². The number of hydrogen-bond donors (Lipinski definition) is 2. The maximum Gasteiger partial charge on any atom is 0.300 e. The molecule has 1 aliphatic heterocycles. The monoisotopic (exact) mass is 524 g/mol.